The summed E-state index contributed by atoms with van der Waals surface area (Å²) in [6, 6.07) is 13.9. The summed E-state index contributed by atoms with van der Waals surface area (Å²) < 4.78 is 23.6. The fraction of sp³-hybridized carbons (Fsp3) is 0.133. The summed E-state index contributed by atoms with van der Waals surface area (Å²) in [6.07, 6.45) is 1.19. The molecule has 0 saturated heterocycles. The number of hydrazone groups is 1. The highest BCUT2D eigenvalue weighted by atomic mass is 35.5. The van der Waals surface area contributed by atoms with Gasteiger partial charge in [-0.3, -0.25) is 5.43 Å². The molecule has 2 rings (SSSR count). The van der Waals surface area contributed by atoms with Crippen LogP contribution in [0.2, 0.25) is 5.02 Å². The fourth-order valence-corrected chi connectivity index (χ4v) is 2.89. The van der Waals surface area contributed by atoms with Gasteiger partial charge < -0.3 is 0 Å². The van der Waals surface area contributed by atoms with Crippen molar-refractivity contribution in [2.45, 2.75) is 11.8 Å². The molecule has 0 spiro atoms. The summed E-state index contributed by atoms with van der Waals surface area (Å²) in [5, 5.41) is 4.87. The molecule has 0 amide bonds. The molecule has 4 nitrogen and oxygen atoms in total. The molecule has 0 saturated carbocycles. The summed E-state index contributed by atoms with van der Waals surface area (Å²) in [5.41, 5.74) is 4.83. The van der Waals surface area contributed by atoms with Crippen LogP contribution in [0.3, 0.4) is 0 Å². The lowest BCUT2D eigenvalue weighted by molar-refractivity contribution is 0.601. The van der Waals surface area contributed by atoms with Crippen molar-refractivity contribution in [1.82, 2.24) is 0 Å². The normalized spacial score (nSPS) is 12.2. The average molecular weight is 323 g/mol. The Kier molecular flexibility index (Phi) is 4.65. The molecule has 0 radical (unpaired) electrons. The first-order valence-electron chi connectivity index (χ1n) is 6.23. The summed E-state index contributed by atoms with van der Waals surface area (Å²) in [6.45, 7) is 1.76. The van der Waals surface area contributed by atoms with Crippen molar-refractivity contribution in [2.24, 2.45) is 5.10 Å². The van der Waals surface area contributed by atoms with Crippen LogP contribution in [0.5, 0.6) is 0 Å². The molecule has 110 valence electrons. The molecule has 0 aliphatic carbocycles. The number of nitrogens with zero attached hydrogens (tertiary/aromatic N) is 1. The van der Waals surface area contributed by atoms with E-state index in [9.17, 15) is 8.42 Å². The average Bonchev–Trinajstić information content (AvgIpc) is 2.45. The Hall–Kier alpha value is -1.85. The molecule has 2 aromatic carbocycles. The Morgan fingerprint density at radius 1 is 1.10 bits per heavy atom. The van der Waals surface area contributed by atoms with Crippen molar-refractivity contribution in [2.75, 3.05) is 11.7 Å². The van der Waals surface area contributed by atoms with Gasteiger partial charge in [-0.2, -0.15) is 5.10 Å². The number of benzene rings is 2. The molecular formula is C15H15ClN2O2S. The van der Waals surface area contributed by atoms with Crippen LogP contribution >= 0.6 is 11.6 Å². The smallest absolute Gasteiger partial charge is 0.176 e. The van der Waals surface area contributed by atoms with Crippen molar-refractivity contribution in [3.63, 3.8) is 0 Å². The van der Waals surface area contributed by atoms with Crippen molar-refractivity contribution in [3.05, 3.63) is 59.1 Å². The van der Waals surface area contributed by atoms with E-state index < -0.39 is 9.84 Å². The monoisotopic (exact) mass is 322 g/mol. The van der Waals surface area contributed by atoms with Crippen molar-refractivity contribution < 1.29 is 8.42 Å². The van der Waals surface area contributed by atoms with Gasteiger partial charge in [0.15, 0.2) is 9.84 Å². The molecule has 0 aliphatic heterocycles. The Morgan fingerprint density at radius 2 is 1.71 bits per heavy atom. The van der Waals surface area contributed by atoms with Crippen LogP contribution in [-0.2, 0) is 9.84 Å². The first-order chi connectivity index (χ1) is 9.88. The quantitative estimate of drug-likeness (QED) is 0.691. The molecule has 6 heteroatoms. The van der Waals surface area contributed by atoms with Crippen LogP contribution in [0.15, 0.2) is 58.5 Å². The Labute approximate surface area is 129 Å². The van der Waals surface area contributed by atoms with Gasteiger partial charge in [0.2, 0.25) is 0 Å². The molecule has 0 aromatic heterocycles. The Balaban J connectivity index is 2.30. The minimum absolute atomic E-state index is 0.268. The molecule has 0 heterocycles. The van der Waals surface area contributed by atoms with Gasteiger partial charge in [-0.1, -0.05) is 29.8 Å². The van der Waals surface area contributed by atoms with E-state index in [0.29, 0.717) is 16.3 Å². The van der Waals surface area contributed by atoms with Gasteiger partial charge >= 0.3 is 0 Å². The lowest BCUT2D eigenvalue weighted by Gasteiger charge is -2.08. The van der Waals surface area contributed by atoms with Crippen LogP contribution in [0.1, 0.15) is 12.5 Å². The molecule has 0 bridgehead atoms. The number of rotatable bonds is 4. The van der Waals surface area contributed by atoms with Gasteiger partial charge in [-0.15, -0.1) is 0 Å². The summed E-state index contributed by atoms with van der Waals surface area (Å²) in [7, 11) is -3.29. The van der Waals surface area contributed by atoms with Crippen LogP contribution < -0.4 is 5.43 Å². The topological polar surface area (TPSA) is 58.5 Å². The van der Waals surface area contributed by atoms with E-state index >= 15 is 0 Å². The number of anilines is 1. The zero-order chi connectivity index (χ0) is 15.5. The van der Waals surface area contributed by atoms with E-state index in [4.69, 9.17) is 11.6 Å². The first-order valence-corrected chi connectivity index (χ1v) is 8.50. The lowest BCUT2D eigenvalue weighted by Crippen LogP contribution is -2.07. The van der Waals surface area contributed by atoms with E-state index in [1.165, 1.54) is 6.26 Å². The summed E-state index contributed by atoms with van der Waals surface area (Å²) in [5.74, 6) is 0. The largest absolute Gasteiger partial charge is 0.278 e. The molecule has 0 atom stereocenters. The van der Waals surface area contributed by atoms with Crippen LogP contribution in [-0.4, -0.2) is 20.4 Å². The van der Waals surface area contributed by atoms with Crippen LogP contribution in [0.4, 0.5) is 5.69 Å². The van der Waals surface area contributed by atoms with Crippen molar-refractivity contribution in [3.8, 4) is 0 Å². The van der Waals surface area contributed by atoms with Gasteiger partial charge in [0.1, 0.15) is 0 Å². The van der Waals surface area contributed by atoms with Gasteiger partial charge in [0.25, 0.3) is 0 Å². The molecular weight excluding hydrogens is 308 g/mol. The van der Waals surface area contributed by atoms with E-state index in [2.05, 4.69) is 10.5 Å². The number of halogens is 1. The number of sulfone groups is 1. The zero-order valence-corrected chi connectivity index (χ0v) is 13.2. The Morgan fingerprint density at radius 3 is 2.33 bits per heavy atom. The molecule has 0 aliphatic rings. The van der Waals surface area contributed by atoms with Crippen LogP contribution in [0.25, 0.3) is 0 Å². The highest BCUT2D eigenvalue weighted by molar-refractivity contribution is 7.90. The second kappa shape index (κ2) is 6.28. The maximum atomic E-state index is 11.8. The highest BCUT2D eigenvalue weighted by Gasteiger charge is 2.14. The zero-order valence-electron chi connectivity index (χ0n) is 11.7. The van der Waals surface area contributed by atoms with Crippen molar-refractivity contribution in [1.29, 1.82) is 0 Å². The fourth-order valence-electron chi connectivity index (χ4n) is 1.82. The summed E-state index contributed by atoms with van der Waals surface area (Å²) in [4.78, 5) is 0.268. The second-order valence-corrected chi connectivity index (χ2v) is 7.00. The Bertz CT molecular complexity index is 769. The predicted octanol–water partition coefficient (Wildman–Crippen LogP) is 3.58. The number of hydrogen-bond donors (Lipinski definition) is 1. The maximum Gasteiger partial charge on any atom is 0.176 e. The molecule has 0 unspecified atom stereocenters. The first kappa shape index (κ1) is 15.5. The second-order valence-electron chi connectivity index (χ2n) is 4.58. The molecule has 1 N–H and O–H groups in total. The van der Waals surface area contributed by atoms with Gasteiger partial charge in [-0.25, -0.2) is 8.42 Å². The van der Waals surface area contributed by atoms with Gasteiger partial charge in [0, 0.05) is 16.8 Å². The highest BCUT2D eigenvalue weighted by Crippen LogP contribution is 2.17. The van der Waals surface area contributed by atoms with E-state index in [0.717, 1.165) is 5.69 Å². The molecule has 2 aromatic rings. The third-order valence-corrected chi connectivity index (χ3v) is 4.28. The van der Waals surface area contributed by atoms with E-state index in [-0.39, 0.29) is 4.90 Å². The van der Waals surface area contributed by atoms with Crippen LogP contribution in [0, 0.1) is 0 Å². The third kappa shape index (κ3) is 4.06. The third-order valence-electron chi connectivity index (χ3n) is 2.87. The van der Waals surface area contributed by atoms with E-state index in [1.807, 2.05) is 0 Å². The SMILES string of the molecule is C/C(=N\Nc1ccc(Cl)cc1)c1ccccc1S(C)(=O)=O. The minimum Gasteiger partial charge on any atom is -0.278 e. The van der Waals surface area contributed by atoms with Gasteiger partial charge in [0.05, 0.1) is 16.3 Å². The van der Waals surface area contributed by atoms with E-state index in [1.54, 1.807) is 55.5 Å². The van der Waals surface area contributed by atoms with Gasteiger partial charge in [-0.05, 0) is 37.3 Å². The minimum atomic E-state index is -3.29. The van der Waals surface area contributed by atoms with Crippen molar-refractivity contribution >= 4 is 32.8 Å². The molecule has 0 fully saturated rings. The standard InChI is InChI=1S/C15H15ClN2O2S/c1-11(17-18-13-9-7-12(16)8-10-13)14-5-3-4-6-15(14)21(2,19)20/h3-10,18H,1-2H3/b17-11+. The number of hydrogen-bond acceptors (Lipinski definition) is 4. The maximum absolute atomic E-state index is 11.8. The number of nitrogens with one attached hydrogen (secondary N) is 1. The predicted molar refractivity (Wildman–Crippen MR) is 86.8 cm³/mol. The molecule has 21 heavy (non-hydrogen) atoms. The summed E-state index contributed by atoms with van der Waals surface area (Å²) >= 11 is 5.81. The lowest BCUT2D eigenvalue weighted by atomic mass is 10.1.